The highest BCUT2D eigenvalue weighted by Gasteiger charge is 2.38. The molecule has 1 fully saturated rings. The molecule has 0 spiro atoms. The lowest BCUT2D eigenvalue weighted by molar-refractivity contribution is -0.129. The number of fused-ring (bicyclic) bond motifs is 1. The number of carbonyl (C=O) groups is 1. The molecule has 6 heteroatoms. The zero-order valence-corrected chi connectivity index (χ0v) is 16.7. The normalized spacial score (nSPS) is 19.3. The minimum Gasteiger partial charge on any atom is -0.495 e. The second kappa shape index (κ2) is 7.61. The zero-order valence-electron chi connectivity index (χ0n) is 15.9. The molecule has 0 N–H and O–H groups in total. The van der Waals surface area contributed by atoms with Crippen molar-refractivity contribution in [2.75, 3.05) is 24.6 Å². The van der Waals surface area contributed by atoms with E-state index in [0.29, 0.717) is 24.5 Å². The highest BCUT2D eigenvalue weighted by atomic mass is 32.2. The van der Waals surface area contributed by atoms with Crippen LogP contribution in [0.25, 0.3) is 0 Å². The molecule has 0 aromatic heterocycles. The fourth-order valence-corrected chi connectivity index (χ4v) is 4.85. The maximum absolute atomic E-state index is 13.0. The number of aryl methyl sites for hydroxylation is 1. The SMILES string of the molecule is COc1ccccc1N1CSC2=C(C#N)C(c3ccc(C)cc3)CC(=O)N2C1. The molecular formula is C22H21N3O2S. The van der Waals surface area contributed by atoms with Gasteiger partial charge in [-0.3, -0.25) is 9.69 Å². The number of anilines is 1. The van der Waals surface area contributed by atoms with Gasteiger partial charge in [0, 0.05) is 12.3 Å². The Hall–Kier alpha value is -2.91. The molecule has 1 amide bonds. The number of allylic oxidation sites excluding steroid dienone is 1. The third kappa shape index (κ3) is 3.23. The predicted octanol–water partition coefficient (Wildman–Crippen LogP) is 4.22. The molecule has 2 aromatic rings. The van der Waals surface area contributed by atoms with Crippen LogP contribution < -0.4 is 9.64 Å². The molecule has 0 aliphatic carbocycles. The van der Waals surface area contributed by atoms with Crippen molar-refractivity contribution in [3.63, 3.8) is 0 Å². The number of carbonyl (C=O) groups excluding carboxylic acids is 1. The van der Waals surface area contributed by atoms with E-state index in [-0.39, 0.29) is 11.8 Å². The number of nitriles is 1. The van der Waals surface area contributed by atoms with Crippen molar-refractivity contribution in [3.8, 4) is 11.8 Å². The van der Waals surface area contributed by atoms with Crippen LogP contribution in [0, 0.1) is 18.3 Å². The number of methoxy groups -OCH3 is 1. The highest BCUT2D eigenvalue weighted by Crippen LogP contribution is 2.44. The topological polar surface area (TPSA) is 56.6 Å². The average Bonchev–Trinajstić information content (AvgIpc) is 2.74. The van der Waals surface area contributed by atoms with E-state index < -0.39 is 0 Å². The van der Waals surface area contributed by atoms with Gasteiger partial charge in [0.1, 0.15) is 5.75 Å². The van der Waals surface area contributed by atoms with Crippen LogP contribution in [0.15, 0.2) is 59.1 Å². The molecule has 0 radical (unpaired) electrons. The van der Waals surface area contributed by atoms with Crippen molar-refractivity contribution in [1.29, 1.82) is 5.26 Å². The summed E-state index contributed by atoms with van der Waals surface area (Å²) in [5.74, 6) is 1.31. The predicted molar refractivity (Wildman–Crippen MR) is 111 cm³/mol. The van der Waals surface area contributed by atoms with Gasteiger partial charge in [-0.05, 0) is 24.6 Å². The van der Waals surface area contributed by atoms with Crippen molar-refractivity contribution in [2.24, 2.45) is 0 Å². The van der Waals surface area contributed by atoms with Crippen LogP contribution >= 0.6 is 11.8 Å². The van der Waals surface area contributed by atoms with Crippen LogP contribution in [0.1, 0.15) is 23.5 Å². The van der Waals surface area contributed by atoms with Crippen LogP contribution in [0.5, 0.6) is 5.75 Å². The Kier molecular flexibility index (Phi) is 5.01. The van der Waals surface area contributed by atoms with Gasteiger partial charge >= 0.3 is 0 Å². The van der Waals surface area contributed by atoms with Gasteiger partial charge in [-0.1, -0.05) is 53.7 Å². The molecule has 5 nitrogen and oxygen atoms in total. The van der Waals surface area contributed by atoms with Crippen molar-refractivity contribution in [1.82, 2.24) is 4.90 Å². The number of hydrogen-bond acceptors (Lipinski definition) is 5. The van der Waals surface area contributed by atoms with Crippen molar-refractivity contribution in [3.05, 3.63) is 70.3 Å². The van der Waals surface area contributed by atoms with Gasteiger partial charge < -0.3 is 9.64 Å². The van der Waals surface area contributed by atoms with Crippen LogP contribution in [-0.4, -0.2) is 30.5 Å². The molecule has 1 saturated heterocycles. The van der Waals surface area contributed by atoms with Crippen molar-refractivity contribution in [2.45, 2.75) is 19.3 Å². The number of ether oxygens (including phenoxy) is 1. The molecular weight excluding hydrogens is 370 g/mol. The molecule has 0 bridgehead atoms. The van der Waals surface area contributed by atoms with Gasteiger partial charge in [0.15, 0.2) is 0 Å². The van der Waals surface area contributed by atoms with E-state index in [2.05, 4.69) is 11.0 Å². The summed E-state index contributed by atoms with van der Waals surface area (Å²) < 4.78 is 5.47. The Morgan fingerprint density at radius 2 is 1.93 bits per heavy atom. The Morgan fingerprint density at radius 3 is 2.64 bits per heavy atom. The molecule has 4 rings (SSSR count). The number of benzene rings is 2. The summed E-state index contributed by atoms with van der Waals surface area (Å²) in [4.78, 5) is 16.8. The van der Waals surface area contributed by atoms with E-state index in [1.165, 1.54) is 11.8 Å². The molecule has 2 aliphatic heterocycles. The number of rotatable bonds is 3. The summed E-state index contributed by atoms with van der Waals surface area (Å²) in [6, 6.07) is 18.3. The van der Waals surface area contributed by atoms with Gasteiger partial charge in [-0.15, -0.1) is 0 Å². The largest absolute Gasteiger partial charge is 0.495 e. The second-order valence-corrected chi connectivity index (χ2v) is 7.88. The van der Waals surface area contributed by atoms with Crippen LogP contribution in [0.4, 0.5) is 5.69 Å². The molecule has 2 aromatic carbocycles. The summed E-state index contributed by atoms with van der Waals surface area (Å²) in [5.41, 5.74) is 3.82. The Bertz CT molecular complexity index is 978. The van der Waals surface area contributed by atoms with Crippen LogP contribution in [0.2, 0.25) is 0 Å². The standard InChI is InChI=1S/C22H21N3O2S/c1-15-7-9-16(10-8-15)17-11-21(26)25-13-24(14-28-22(25)18(17)12-23)19-5-3-4-6-20(19)27-2/h3-10,17H,11,13-14H2,1-2H3. The van der Waals surface area contributed by atoms with Gasteiger partial charge in [0.05, 0.1) is 42.0 Å². The maximum atomic E-state index is 13.0. The third-order valence-corrected chi connectivity index (χ3v) is 6.35. The third-order valence-electron chi connectivity index (χ3n) is 5.20. The fraction of sp³-hybridized carbons (Fsp3) is 0.273. The first-order valence-corrected chi connectivity index (χ1v) is 10.1. The van der Waals surface area contributed by atoms with E-state index in [1.54, 1.807) is 12.0 Å². The van der Waals surface area contributed by atoms with Crippen molar-refractivity contribution < 1.29 is 9.53 Å². The first kappa shape index (κ1) is 18.5. The Balaban J connectivity index is 1.67. The molecule has 2 aliphatic rings. The molecule has 1 unspecified atom stereocenters. The highest BCUT2D eigenvalue weighted by molar-refractivity contribution is 8.03. The van der Waals surface area contributed by atoms with Crippen molar-refractivity contribution >= 4 is 23.4 Å². The quantitative estimate of drug-likeness (QED) is 0.784. The Morgan fingerprint density at radius 1 is 1.18 bits per heavy atom. The van der Waals surface area contributed by atoms with E-state index in [1.807, 2.05) is 55.5 Å². The first-order chi connectivity index (χ1) is 13.6. The van der Waals surface area contributed by atoms with E-state index in [0.717, 1.165) is 27.6 Å². The fourth-order valence-electron chi connectivity index (χ4n) is 3.69. The maximum Gasteiger partial charge on any atom is 0.229 e. The summed E-state index contributed by atoms with van der Waals surface area (Å²) >= 11 is 1.54. The lowest BCUT2D eigenvalue weighted by atomic mass is 9.86. The molecule has 28 heavy (non-hydrogen) atoms. The number of thioether (sulfide) groups is 1. The lowest BCUT2D eigenvalue weighted by Gasteiger charge is -2.42. The zero-order chi connectivity index (χ0) is 19.7. The second-order valence-electron chi connectivity index (χ2n) is 6.95. The van der Waals surface area contributed by atoms with Gasteiger partial charge in [0.2, 0.25) is 5.91 Å². The van der Waals surface area contributed by atoms with Gasteiger partial charge in [-0.25, -0.2) is 0 Å². The van der Waals surface area contributed by atoms with Crippen LogP contribution in [0.3, 0.4) is 0 Å². The molecule has 142 valence electrons. The summed E-state index contributed by atoms with van der Waals surface area (Å²) in [5, 5.41) is 10.7. The molecule has 2 heterocycles. The number of hydrogen-bond donors (Lipinski definition) is 0. The van der Waals surface area contributed by atoms with Gasteiger partial charge in [0.25, 0.3) is 0 Å². The minimum atomic E-state index is -0.172. The summed E-state index contributed by atoms with van der Waals surface area (Å²) in [6.07, 6.45) is 0.315. The number of amides is 1. The van der Waals surface area contributed by atoms with E-state index in [9.17, 15) is 10.1 Å². The summed E-state index contributed by atoms with van der Waals surface area (Å²) in [6.45, 7) is 2.46. The Labute approximate surface area is 169 Å². The molecule has 0 saturated carbocycles. The first-order valence-electron chi connectivity index (χ1n) is 9.14. The average molecular weight is 391 g/mol. The summed E-state index contributed by atoms with van der Waals surface area (Å²) in [7, 11) is 1.65. The number of nitrogens with zero attached hydrogens (tertiary/aromatic N) is 3. The smallest absolute Gasteiger partial charge is 0.229 e. The minimum absolute atomic E-state index is 0.0478. The molecule has 1 atom stereocenters. The van der Waals surface area contributed by atoms with E-state index in [4.69, 9.17) is 4.74 Å². The monoisotopic (exact) mass is 391 g/mol. The number of para-hydroxylation sites is 2. The lowest BCUT2D eigenvalue weighted by Crippen LogP contribution is -2.47. The van der Waals surface area contributed by atoms with Crippen LogP contribution in [-0.2, 0) is 4.79 Å². The van der Waals surface area contributed by atoms with Gasteiger partial charge in [-0.2, -0.15) is 5.26 Å². The van der Waals surface area contributed by atoms with E-state index >= 15 is 0 Å².